The SMILES string of the molecule is C[C]1[C](C)[C](C)[C](C)[C]1C.C[C]1[C](C)[C](C)[C](C)[C]1C.C[C]1[C](C)[C](C)[C](C)[C]1C.C[C]1[C](C)[C](C)[C](C)[C]1C.[La+3].[La+3].[c-]1cccs1.[c-]1cccs1. The molecule has 0 unspecified atom stereocenters. The van der Waals surface area contributed by atoms with Gasteiger partial charge in [0.25, 0.3) is 0 Å². The molecule has 0 saturated heterocycles. The van der Waals surface area contributed by atoms with Gasteiger partial charge in [-0.15, -0.1) is 10.8 Å². The van der Waals surface area contributed by atoms with Gasteiger partial charge in [-0.3, -0.25) is 0 Å². The molecule has 52 heavy (non-hydrogen) atoms. The van der Waals surface area contributed by atoms with Crippen LogP contribution in [-0.2, 0) is 0 Å². The number of hydrogen-bond acceptors (Lipinski definition) is 2. The summed E-state index contributed by atoms with van der Waals surface area (Å²) in [5.41, 5.74) is 0. The Bertz CT molecular complexity index is 726. The summed E-state index contributed by atoms with van der Waals surface area (Å²) in [7, 11) is 0. The molecule has 2 aromatic rings. The number of hydrogen-bond donors (Lipinski definition) is 0. The molecule has 0 aliphatic heterocycles. The minimum atomic E-state index is 0. The van der Waals surface area contributed by atoms with E-state index < -0.39 is 0 Å². The molecule has 0 aromatic carbocycles. The van der Waals surface area contributed by atoms with Gasteiger partial charge in [0.15, 0.2) is 0 Å². The smallest absolute Gasteiger partial charge is 0.304 e. The first kappa shape index (κ1) is 55.9. The Balaban J connectivity index is 0. The van der Waals surface area contributed by atoms with Gasteiger partial charge in [-0.2, -0.15) is 22.9 Å². The normalized spacial score (nSPS) is 23.5. The second-order valence-electron chi connectivity index (χ2n) is 14.0. The van der Waals surface area contributed by atoms with E-state index in [0.717, 1.165) is 0 Å². The predicted molar refractivity (Wildman–Crippen MR) is 225 cm³/mol. The van der Waals surface area contributed by atoms with E-state index in [4.69, 9.17) is 0 Å². The largest absolute Gasteiger partial charge is 3.00 e. The fourth-order valence-electron chi connectivity index (χ4n) is 6.02. The molecule has 20 radical (unpaired) electrons. The van der Waals surface area contributed by atoms with Crippen molar-refractivity contribution < 1.29 is 71.2 Å². The van der Waals surface area contributed by atoms with E-state index in [-0.39, 0.29) is 71.2 Å². The maximum atomic E-state index is 2.90. The molecule has 0 amide bonds. The fraction of sp³-hybridized carbons (Fsp3) is 0.417. The van der Waals surface area contributed by atoms with Gasteiger partial charge in [0.05, 0.1) is 0 Å². The number of rotatable bonds is 0. The summed E-state index contributed by atoms with van der Waals surface area (Å²) in [6.45, 7) is 44.0. The second-order valence-corrected chi connectivity index (χ2v) is 15.4. The van der Waals surface area contributed by atoms with Crippen LogP contribution < -0.4 is 0 Å². The van der Waals surface area contributed by atoms with Crippen molar-refractivity contribution in [3.63, 3.8) is 0 Å². The summed E-state index contributed by atoms with van der Waals surface area (Å²) in [5, 5.41) is 9.78. The van der Waals surface area contributed by atoms with Crippen molar-refractivity contribution in [2.75, 3.05) is 0 Å². The van der Waals surface area contributed by atoms with Gasteiger partial charge in [0.1, 0.15) is 0 Å². The van der Waals surface area contributed by atoms with Crippen LogP contribution in [0.25, 0.3) is 0 Å². The molecule has 6 rings (SSSR count). The van der Waals surface area contributed by atoms with Gasteiger partial charge in [0.2, 0.25) is 0 Å². The molecule has 4 fully saturated rings. The van der Waals surface area contributed by atoms with E-state index in [9.17, 15) is 0 Å². The summed E-state index contributed by atoms with van der Waals surface area (Å²) < 4.78 is 0. The quantitative estimate of drug-likeness (QED) is 0.231. The molecule has 4 saturated carbocycles. The molecule has 0 N–H and O–H groups in total. The zero-order valence-electron chi connectivity index (χ0n) is 36.4. The van der Waals surface area contributed by atoms with Gasteiger partial charge < -0.3 is 22.7 Å². The molecule has 0 nitrogen and oxygen atoms in total. The van der Waals surface area contributed by atoms with Crippen LogP contribution in [-0.4, -0.2) is 0 Å². The third kappa shape index (κ3) is 15.9. The van der Waals surface area contributed by atoms with Crippen molar-refractivity contribution in [2.24, 2.45) is 0 Å². The molecule has 0 spiro atoms. The molecule has 4 aliphatic carbocycles. The van der Waals surface area contributed by atoms with Gasteiger partial charge >= 0.3 is 71.2 Å². The van der Waals surface area contributed by atoms with E-state index >= 15 is 0 Å². The van der Waals surface area contributed by atoms with Gasteiger partial charge in [-0.1, -0.05) is 138 Å². The first-order valence-electron chi connectivity index (χ1n) is 17.8. The van der Waals surface area contributed by atoms with Crippen LogP contribution >= 0.6 is 22.7 Å². The molecule has 0 bridgehead atoms. The topological polar surface area (TPSA) is 0 Å². The summed E-state index contributed by atoms with van der Waals surface area (Å²) in [6, 6.07) is 7.71. The van der Waals surface area contributed by atoms with Gasteiger partial charge in [0, 0.05) is 0 Å². The average molecular weight is 985 g/mol. The second kappa shape index (κ2) is 27.5. The first-order valence-corrected chi connectivity index (χ1v) is 19.5. The average Bonchev–Trinajstić information content (AvgIpc) is 3.99. The Morgan fingerprint density at radius 3 is 0.404 bits per heavy atom. The Labute approximate surface area is 392 Å². The maximum absolute atomic E-state index is 2.90. The molecular weight excluding hydrogens is 918 g/mol. The molecule has 2 aromatic heterocycles. The minimum Gasteiger partial charge on any atom is -0.304 e. The van der Waals surface area contributed by atoms with E-state index in [2.05, 4.69) is 149 Å². The molecule has 4 heteroatoms. The first-order chi connectivity index (χ1) is 23.2. The third-order valence-corrected chi connectivity index (χ3v) is 13.1. The summed E-state index contributed by atoms with van der Waals surface area (Å²) in [5.74, 6) is 29.4. The Morgan fingerprint density at radius 2 is 0.365 bits per heavy atom. The number of thiophene rings is 2. The van der Waals surface area contributed by atoms with Crippen LogP contribution in [0, 0.1) is 200 Å². The standard InChI is InChI=1S/4C10H15.2C4H3S.2La/c4*1-6-7(2)9(4)10(5)8(6)3;2*1-2-4-5-3-1;;/h4*1-5H3;2*1-3H;;/q;;;;2*-1;2*+3. The van der Waals surface area contributed by atoms with Crippen LogP contribution in [0.2, 0.25) is 0 Å². The van der Waals surface area contributed by atoms with Crippen molar-refractivity contribution in [3.8, 4) is 0 Å². The van der Waals surface area contributed by atoms with Crippen LogP contribution in [0.15, 0.2) is 35.0 Å². The van der Waals surface area contributed by atoms with Crippen molar-refractivity contribution in [3.05, 3.63) is 164 Å². The van der Waals surface area contributed by atoms with Crippen LogP contribution in [0.3, 0.4) is 0 Å². The van der Waals surface area contributed by atoms with E-state index in [1.54, 1.807) is 22.7 Å². The summed E-state index contributed by atoms with van der Waals surface area (Å²) in [4.78, 5) is 0. The zero-order chi connectivity index (χ0) is 38.6. The zero-order valence-corrected chi connectivity index (χ0v) is 45.3. The summed E-state index contributed by atoms with van der Waals surface area (Å²) in [6.07, 6.45) is 0. The van der Waals surface area contributed by atoms with E-state index in [0.29, 0.717) is 0 Å². The molecule has 4 aliphatic rings. The van der Waals surface area contributed by atoms with Crippen molar-refractivity contribution in [1.82, 2.24) is 0 Å². The predicted octanol–water partition coefficient (Wildman–Crippen LogP) is 15.0. The molecule has 272 valence electrons. The van der Waals surface area contributed by atoms with Crippen molar-refractivity contribution >= 4 is 22.7 Å². The van der Waals surface area contributed by atoms with Gasteiger partial charge in [-0.25, -0.2) is 12.1 Å². The van der Waals surface area contributed by atoms with Crippen LogP contribution in [0.4, 0.5) is 0 Å². The van der Waals surface area contributed by atoms with Crippen molar-refractivity contribution in [1.29, 1.82) is 0 Å². The summed E-state index contributed by atoms with van der Waals surface area (Å²) >= 11 is 3.18. The molecular formula is C48H66La2S2+4. The van der Waals surface area contributed by atoms with Crippen LogP contribution in [0.5, 0.6) is 0 Å². The Kier molecular flexibility index (Phi) is 29.5. The molecule has 0 atom stereocenters. The Hall–Kier alpha value is 1.79. The van der Waals surface area contributed by atoms with E-state index in [1.165, 1.54) is 118 Å². The molecule has 2 heterocycles. The maximum Gasteiger partial charge on any atom is 3.00 e. The van der Waals surface area contributed by atoms with Gasteiger partial charge in [-0.05, 0) is 118 Å². The minimum absolute atomic E-state index is 0. The Morgan fingerprint density at radius 1 is 0.250 bits per heavy atom. The van der Waals surface area contributed by atoms with E-state index in [1.807, 2.05) is 35.0 Å². The van der Waals surface area contributed by atoms with Crippen LogP contribution in [0.1, 0.15) is 138 Å². The third-order valence-electron chi connectivity index (χ3n) is 12.0. The fourth-order valence-corrected chi connectivity index (χ4v) is 6.80. The van der Waals surface area contributed by atoms with Crippen molar-refractivity contribution in [2.45, 2.75) is 138 Å². The monoisotopic (exact) mass is 984 g/mol.